The predicted octanol–water partition coefficient (Wildman–Crippen LogP) is 2.83. The molecule has 9 heteroatoms. The maximum Gasteiger partial charge on any atom is 0.254 e. The highest BCUT2D eigenvalue weighted by Crippen LogP contribution is 2.28. The Hall–Kier alpha value is -2.65. The molecule has 0 N–H and O–H groups in total. The Bertz CT molecular complexity index is 1020. The Morgan fingerprint density at radius 1 is 1.03 bits per heavy atom. The number of piperazine rings is 1. The van der Waals surface area contributed by atoms with Crippen LogP contribution in [-0.4, -0.2) is 69.9 Å². The minimum Gasteiger partial charge on any atom is -0.495 e. The number of sulfonamides is 1. The maximum atomic E-state index is 13.1. The van der Waals surface area contributed by atoms with Gasteiger partial charge in [0.25, 0.3) is 5.91 Å². The maximum absolute atomic E-state index is 13.1. The van der Waals surface area contributed by atoms with Gasteiger partial charge < -0.3 is 14.5 Å². The molecule has 0 unspecified atom stereocenters. The lowest BCUT2D eigenvalue weighted by Gasteiger charge is -2.36. The fourth-order valence-electron chi connectivity index (χ4n) is 3.72. The van der Waals surface area contributed by atoms with Crippen LogP contribution in [-0.2, 0) is 10.0 Å². The van der Waals surface area contributed by atoms with E-state index < -0.39 is 10.0 Å². The number of methoxy groups -OCH3 is 1. The molecular weight excluding hydrogens is 421 g/mol. The van der Waals surface area contributed by atoms with E-state index in [2.05, 4.69) is 4.90 Å². The highest BCUT2D eigenvalue weighted by molar-refractivity contribution is 7.89. The van der Waals surface area contributed by atoms with E-state index in [1.54, 1.807) is 36.9 Å². The van der Waals surface area contributed by atoms with Crippen molar-refractivity contribution in [1.29, 1.82) is 0 Å². The lowest BCUT2D eigenvalue weighted by molar-refractivity contribution is 0.0746. The first-order valence-corrected chi connectivity index (χ1v) is 11.7. The molecule has 0 radical (unpaired) electrons. The third-order valence-electron chi connectivity index (χ3n) is 5.49. The molecule has 168 valence electrons. The molecule has 2 aromatic rings. The summed E-state index contributed by atoms with van der Waals surface area (Å²) >= 11 is 0. The van der Waals surface area contributed by atoms with Crippen LogP contribution in [0.5, 0.6) is 5.75 Å². The van der Waals surface area contributed by atoms with Gasteiger partial charge in [0.15, 0.2) is 0 Å². The molecule has 1 amide bonds. The number of amides is 1. The van der Waals surface area contributed by atoms with Crippen molar-refractivity contribution in [3.05, 3.63) is 53.8 Å². The molecule has 0 saturated carbocycles. The van der Waals surface area contributed by atoms with E-state index in [0.29, 0.717) is 44.8 Å². The molecule has 0 atom stereocenters. The van der Waals surface area contributed by atoms with E-state index in [1.807, 2.05) is 0 Å². The number of nitrogens with zero attached hydrogens (tertiary/aromatic N) is 3. The zero-order chi connectivity index (χ0) is 22.6. The number of halogens is 1. The Kier molecular flexibility index (Phi) is 7.17. The summed E-state index contributed by atoms with van der Waals surface area (Å²) in [5.41, 5.74) is 1.22. The smallest absolute Gasteiger partial charge is 0.254 e. The van der Waals surface area contributed by atoms with Gasteiger partial charge in [-0.25, -0.2) is 12.8 Å². The number of benzene rings is 2. The molecule has 1 aliphatic heterocycles. The lowest BCUT2D eigenvalue weighted by atomic mass is 10.1. The molecule has 0 bridgehead atoms. The number of hydrogen-bond donors (Lipinski definition) is 0. The van der Waals surface area contributed by atoms with E-state index >= 15 is 0 Å². The topological polar surface area (TPSA) is 70.2 Å². The van der Waals surface area contributed by atoms with Crippen LogP contribution in [0.1, 0.15) is 24.2 Å². The van der Waals surface area contributed by atoms with Crippen LogP contribution < -0.4 is 9.64 Å². The van der Waals surface area contributed by atoms with Crippen LogP contribution in [0.4, 0.5) is 10.1 Å². The molecule has 0 aromatic heterocycles. The summed E-state index contributed by atoms with van der Waals surface area (Å²) in [5, 5.41) is 0. The number of ether oxygens (including phenoxy) is 1. The SMILES string of the molecule is CCN(CC)S(=O)(=O)c1cc(C(=O)N2CCN(c3ccc(F)cc3)CC2)ccc1OC. The van der Waals surface area contributed by atoms with Crippen molar-refractivity contribution in [3.8, 4) is 5.75 Å². The second-order valence-corrected chi connectivity index (χ2v) is 9.12. The van der Waals surface area contributed by atoms with Crippen molar-refractivity contribution in [1.82, 2.24) is 9.21 Å². The zero-order valence-electron chi connectivity index (χ0n) is 18.0. The lowest BCUT2D eigenvalue weighted by Crippen LogP contribution is -2.48. The molecule has 1 fully saturated rings. The highest BCUT2D eigenvalue weighted by Gasteiger charge is 2.28. The predicted molar refractivity (Wildman–Crippen MR) is 118 cm³/mol. The summed E-state index contributed by atoms with van der Waals surface area (Å²) in [5.74, 6) is -0.297. The van der Waals surface area contributed by atoms with E-state index in [-0.39, 0.29) is 22.4 Å². The fourth-order valence-corrected chi connectivity index (χ4v) is 5.36. The number of carbonyl (C=O) groups excluding carboxylic acids is 1. The Morgan fingerprint density at radius 3 is 2.19 bits per heavy atom. The summed E-state index contributed by atoms with van der Waals surface area (Å²) in [6.45, 7) is 6.38. The van der Waals surface area contributed by atoms with Gasteiger partial charge in [0.05, 0.1) is 7.11 Å². The molecular formula is C22H28FN3O4S. The zero-order valence-corrected chi connectivity index (χ0v) is 18.9. The molecule has 1 saturated heterocycles. The number of rotatable bonds is 7. The number of hydrogen-bond acceptors (Lipinski definition) is 5. The van der Waals surface area contributed by atoms with Gasteiger partial charge in [0, 0.05) is 50.5 Å². The van der Waals surface area contributed by atoms with Crippen molar-refractivity contribution in [3.63, 3.8) is 0 Å². The molecule has 0 aliphatic carbocycles. The second-order valence-electron chi connectivity index (χ2n) is 7.21. The van der Waals surface area contributed by atoms with E-state index in [1.165, 1.54) is 35.7 Å². The van der Waals surface area contributed by atoms with Crippen LogP contribution in [0.3, 0.4) is 0 Å². The van der Waals surface area contributed by atoms with Crippen molar-refractivity contribution in [2.24, 2.45) is 0 Å². The molecule has 0 spiro atoms. The minimum absolute atomic E-state index is 0.00509. The first-order valence-electron chi connectivity index (χ1n) is 10.3. The Balaban J connectivity index is 1.79. The van der Waals surface area contributed by atoms with Gasteiger partial charge in [0.2, 0.25) is 10.0 Å². The van der Waals surface area contributed by atoms with Gasteiger partial charge in [0.1, 0.15) is 16.5 Å². The molecule has 1 heterocycles. The van der Waals surface area contributed by atoms with Crippen molar-refractivity contribution >= 4 is 21.6 Å². The van der Waals surface area contributed by atoms with Gasteiger partial charge in [-0.15, -0.1) is 0 Å². The Labute approximate surface area is 183 Å². The van der Waals surface area contributed by atoms with Crippen LogP contribution in [0.2, 0.25) is 0 Å². The summed E-state index contributed by atoms with van der Waals surface area (Å²) in [4.78, 5) is 16.9. The van der Waals surface area contributed by atoms with Crippen LogP contribution in [0.25, 0.3) is 0 Å². The van der Waals surface area contributed by atoms with Crippen molar-refractivity contribution < 1.29 is 22.3 Å². The molecule has 2 aromatic carbocycles. The van der Waals surface area contributed by atoms with Crippen LogP contribution in [0, 0.1) is 5.82 Å². The third-order valence-corrected chi connectivity index (χ3v) is 7.56. The van der Waals surface area contributed by atoms with Gasteiger partial charge in [-0.2, -0.15) is 4.31 Å². The Morgan fingerprint density at radius 2 is 1.65 bits per heavy atom. The van der Waals surface area contributed by atoms with Crippen LogP contribution in [0.15, 0.2) is 47.4 Å². The van der Waals surface area contributed by atoms with Gasteiger partial charge in [-0.1, -0.05) is 13.8 Å². The molecule has 31 heavy (non-hydrogen) atoms. The first-order chi connectivity index (χ1) is 14.8. The van der Waals surface area contributed by atoms with Gasteiger partial charge in [-0.3, -0.25) is 4.79 Å². The first kappa shape index (κ1) is 23.0. The average Bonchev–Trinajstić information content (AvgIpc) is 2.79. The van der Waals surface area contributed by atoms with E-state index in [4.69, 9.17) is 4.74 Å². The van der Waals surface area contributed by atoms with Gasteiger partial charge in [-0.05, 0) is 42.5 Å². The summed E-state index contributed by atoms with van der Waals surface area (Å²) in [6, 6.07) is 10.8. The summed E-state index contributed by atoms with van der Waals surface area (Å²) < 4.78 is 45.8. The largest absolute Gasteiger partial charge is 0.495 e. The minimum atomic E-state index is -3.78. The number of carbonyl (C=O) groups is 1. The fraction of sp³-hybridized carbons (Fsp3) is 0.409. The third kappa shape index (κ3) is 4.83. The highest BCUT2D eigenvalue weighted by atomic mass is 32.2. The average molecular weight is 450 g/mol. The van der Waals surface area contributed by atoms with Crippen molar-refractivity contribution in [2.75, 3.05) is 51.3 Å². The normalized spacial score (nSPS) is 14.7. The standard InChI is InChI=1S/C22H28FN3O4S/c1-4-26(5-2)31(28,29)21-16-17(6-11-20(21)30-3)22(27)25-14-12-24(13-15-25)19-9-7-18(23)8-10-19/h6-11,16H,4-5,12-15H2,1-3H3. The monoisotopic (exact) mass is 449 g/mol. The second kappa shape index (κ2) is 9.65. The summed E-state index contributed by atoms with van der Waals surface area (Å²) in [6.07, 6.45) is 0. The van der Waals surface area contributed by atoms with Crippen molar-refractivity contribution in [2.45, 2.75) is 18.7 Å². The van der Waals surface area contributed by atoms with E-state index in [0.717, 1.165) is 5.69 Å². The summed E-state index contributed by atoms with van der Waals surface area (Å²) in [7, 11) is -2.37. The quantitative estimate of drug-likeness (QED) is 0.650. The van der Waals surface area contributed by atoms with Crippen LogP contribution >= 0.6 is 0 Å². The molecule has 7 nitrogen and oxygen atoms in total. The molecule has 3 rings (SSSR count). The molecule has 1 aliphatic rings. The number of anilines is 1. The van der Waals surface area contributed by atoms with Gasteiger partial charge >= 0.3 is 0 Å². The van der Waals surface area contributed by atoms with E-state index in [9.17, 15) is 17.6 Å².